The molecule has 1 rings (SSSR count). The molecule has 0 spiro atoms. The molecule has 0 aromatic carbocycles. The van der Waals surface area contributed by atoms with E-state index in [1.54, 1.807) is 0 Å². The molecule has 1 unspecified atom stereocenters. The SMILES string of the molecule is CSCCCCNCC1CCCS1. The van der Waals surface area contributed by atoms with Crippen molar-refractivity contribution in [3.05, 3.63) is 0 Å². The van der Waals surface area contributed by atoms with Crippen LogP contribution in [0, 0.1) is 0 Å². The molecule has 0 saturated carbocycles. The van der Waals surface area contributed by atoms with E-state index in [1.165, 1.54) is 50.3 Å². The van der Waals surface area contributed by atoms with Crippen molar-refractivity contribution in [3.8, 4) is 0 Å². The lowest BCUT2D eigenvalue weighted by Crippen LogP contribution is -2.24. The van der Waals surface area contributed by atoms with Gasteiger partial charge in [0.1, 0.15) is 0 Å². The normalized spacial score (nSPS) is 22.4. The molecule has 0 aromatic rings. The third-order valence-electron chi connectivity index (χ3n) is 2.35. The van der Waals surface area contributed by atoms with E-state index in [0.29, 0.717) is 0 Å². The van der Waals surface area contributed by atoms with Gasteiger partial charge >= 0.3 is 0 Å². The van der Waals surface area contributed by atoms with Crippen molar-refractivity contribution in [1.82, 2.24) is 5.32 Å². The summed E-state index contributed by atoms with van der Waals surface area (Å²) in [6, 6.07) is 0. The van der Waals surface area contributed by atoms with E-state index in [-0.39, 0.29) is 0 Å². The largest absolute Gasteiger partial charge is 0.316 e. The monoisotopic (exact) mass is 219 g/mol. The van der Waals surface area contributed by atoms with Crippen LogP contribution in [0.1, 0.15) is 25.7 Å². The molecule has 0 radical (unpaired) electrons. The van der Waals surface area contributed by atoms with Crippen molar-refractivity contribution in [1.29, 1.82) is 0 Å². The van der Waals surface area contributed by atoms with Crippen LogP contribution >= 0.6 is 23.5 Å². The lowest BCUT2D eigenvalue weighted by atomic mass is 10.2. The van der Waals surface area contributed by atoms with Gasteiger partial charge in [-0.25, -0.2) is 0 Å². The molecule has 1 N–H and O–H groups in total. The Balaban J connectivity index is 1.78. The molecule has 1 heterocycles. The van der Waals surface area contributed by atoms with Gasteiger partial charge in [0.05, 0.1) is 0 Å². The fourth-order valence-electron chi connectivity index (χ4n) is 1.56. The van der Waals surface area contributed by atoms with Crippen LogP contribution in [0.25, 0.3) is 0 Å². The average Bonchev–Trinajstić information content (AvgIpc) is 2.63. The molecule has 1 atom stereocenters. The maximum atomic E-state index is 3.56. The second-order valence-corrected chi connectivity index (χ2v) is 5.93. The summed E-state index contributed by atoms with van der Waals surface area (Å²) >= 11 is 4.10. The first-order valence-corrected chi connectivity index (χ1v) is 7.69. The topological polar surface area (TPSA) is 12.0 Å². The van der Waals surface area contributed by atoms with Gasteiger partial charge < -0.3 is 5.32 Å². The van der Waals surface area contributed by atoms with E-state index in [1.807, 2.05) is 11.8 Å². The predicted octanol–water partition coefficient (Wildman–Crippen LogP) is 2.61. The molecule has 3 heteroatoms. The summed E-state index contributed by atoms with van der Waals surface area (Å²) in [4.78, 5) is 0. The van der Waals surface area contributed by atoms with Gasteiger partial charge in [0.25, 0.3) is 0 Å². The molecule has 1 nitrogen and oxygen atoms in total. The minimum atomic E-state index is 0.917. The van der Waals surface area contributed by atoms with Crippen LogP contribution in [0.2, 0.25) is 0 Å². The highest BCUT2D eigenvalue weighted by molar-refractivity contribution is 8.00. The number of hydrogen-bond acceptors (Lipinski definition) is 3. The fraction of sp³-hybridized carbons (Fsp3) is 1.00. The lowest BCUT2D eigenvalue weighted by molar-refractivity contribution is 0.617. The molecule has 13 heavy (non-hydrogen) atoms. The van der Waals surface area contributed by atoms with E-state index >= 15 is 0 Å². The molecule has 1 aliphatic rings. The second kappa shape index (κ2) is 8.01. The zero-order valence-electron chi connectivity index (χ0n) is 8.55. The third kappa shape index (κ3) is 5.87. The minimum absolute atomic E-state index is 0.917. The number of nitrogens with one attached hydrogen (secondary N) is 1. The van der Waals surface area contributed by atoms with Crippen molar-refractivity contribution < 1.29 is 0 Å². The molecule has 0 amide bonds. The third-order valence-corrected chi connectivity index (χ3v) is 4.44. The molecule has 1 aliphatic heterocycles. The molecule has 0 bridgehead atoms. The number of thioether (sulfide) groups is 2. The van der Waals surface area contributed by atoms with Crippen LogP contribution in [0.4, 0.5) is 0 Å². The van der Waals surface area contributed by atoms with E-state index < -0.39 is 0 Å². The maximum Gasteiger partial charge on any atom is 0.0172 e. The van der Waals surface area contributed by atoms with Crippen LogP contribution in [0.5, 0.6) is 0 Å². The van der Waals surface area contributed by atoms with Gasteiger partial charge in [-0.3, -0.25) is 0 Å². The van der Waals surface area contributed by atoms with Gasteiger partial charge in [-0.05, 0) is 50.0 Å². The summed E-state index contributed by atoms with van der Waals surface area (Å²) in [5, 5.41) is 4.47. The van der Waals surface area contributed by atoms with Crippen LogP contribution in [-0.4, -0.2) is 36.1 Å². The predicted molar refractivity (Wildman–Crippen MR) is 66.0 cm³/mol. The van der Waals surface area contributed by atoms with Gasteiger partial charge in [-0.2, -0.15) is 23.5 Å². The molecule has 1 fully saturated rings. The van der Waals surface area contributed by atoms with E-state index in [4.69, 9.17) is 0 Å². The van der Waals surface area contributed by atoms with E-state index in [9.17, 15) is 0 Å². The Bertz CT molecular complexity index is 113. The highest BCUT2D eigenvalue weighted by atomic mass is 32.2. The first-order valence-electron chi connectivity index (χ1n) is 5.24. The molecule has 78 valence electrons. The zero-order valence-corrected chi connectivity index (χ0v) is 10.2. The summed E-state index contributed by atoms with van der Waals surface area (Å²) in [6.45, 7) is 2.46. The molecule has 0 aromatic heterocycles. The Hall–Kier alpha value is 0.660. The summed E-state index contributed by atoms with van der Waals surface area (Å²) < 4.78 is 0. The lowest BCUT2D eigenvalue weighted by Gasteiger charge is -2.09. The Labute approximate surface area is 90.8 Å². The van der Waals surface area contributed by atoms with Crippen LogP contribution in [0.15, 0.2) is 0 Å². The minimum Gasteiger partial charge on any atom is -0.316 e. The molecule has 1 saturated heterocycles. The molecular formula is C10H21NS2. The quantitative estimate of drug-likeness (QED) is 0.661. The first kappa shape index (κ1) is 11.7. The summed E-state index contributed by atoms with van der Waals surface area (Å²) in [5.41, 5.74) is 0. The van der Waals surface area contributed by atoms with Gasteiger partial charge in [0.15, 0.2) is 0 Å². The number of rotatable bonds is 7. The summed E-state index contributed by atoms with van der Waals surface area (Å²) in [6.07, 6.45) is 7.76. The Kier molecular flexibility index (Phi) is 7.23. The van der Waals surface area contributed by atoms with Crippen molar-refractivity contribution in [3.63, 3.8) is 0 Å². The van der Waals surface area contributed by atoms with Crippen molar-refractivity contribution in [2.75, 3.05) is 30.9 Å². The smallest absolute Gasteiger partial charge is 0.0172 e. The van der Waals surface area contributed by atoms with E-state index in [0.717, 1.165) is 5.25 Å². The van der Waals surface area contributed by atoms with Crippen molar-refractivity contribution in [2.24, 2.45) is 0 Å². The van der Waals surface area contributed by atoms with Gasteiger partial charge in [0.2, 0.25) is 0 Å². The summed E-state index contributed by atoms with van der Waals surface area (Å²) in [5.74, 6) is 2.71. The standard InChI is InChI=1S/C10H21NS2/c1-12-7-3-2-6-11-9-10-5-4-8-13-10/h10-11H,2-9H2,1H3. The highest BCUT2D eigenvalue weighted by Crippen LogP contribution is 2.25. The molecular weight excluding hydrogens is 198 g/mol. The fourth-order valence-corrected chi connectivity index (χ4v) is 3.29. The Morgan fingerprint density at radius 2 is 2.38 bits per heavy atom. The molecule has 0 aliphatic carbocycles. The number of hydrogen-bond donors (Lipinski definition) is 1. The Morgan fingerprint density at radius 1 is 1.46 bits per heavy atom. The van der Waals surface area contributed by atoms with Crippen molar-refractivity contribution in [2.45, 2.75) is 30.9 Å². The van der Waals surface area contributed by atoms with Gasteiger partial charge in [-0.1, -0.05) is 0 Å². The Morgan fingerprint density at radius 3 is 3.08 bits per heavy atom. The van der Waals surface area contributed by atoms with Crippen LogP contribution in [-0.2, 0) is 0 Å². The second-order valence-electron chi connectivity index (χ2n) is 3.54. The van der Waals surface area contributed by atoms with Crippen LogP contribution in [0.3, 0.4) is 0 Å². The van der Waals surface area contributed by atoms with Gasteiger partial charge in [0, 0.05) is 11.8 Å². The zero-order chi connectivity index (χ0) is 9.36. The average molecular weight is 219 g/mol. The van der Waals surface area contributed by atoms with Crippen molar-refractivity contribution >= 4 is 23.5 Å². The summed E-state index contributed by atoms with van der Waals surface area (Å²) in [7, 11) is 0. The van der Waals surface area contributed by atoms with E-state index in [2.05, 4.69) is 23.3 Å². The highest BCUT2D eigenvalue weighted by Gasteiger charge is 2.13. The van der Waals surface area contributed by atoms with Crippen LogP contribution < -0.4 is 5.32 Å². The first-order chi connectivity index (χ1) is 6.43. The maximum absolute atomic E-state index is 3.56. The van der Waals surface area contributed by atoms with Gasteiger partial charge in [-0.15, -0.1) is 0 Å². The number of unbranched alkanes of at least 4 members (excludes halogenated alkanes) is 1.